The summed E-state index contributed by atoms with van der Waals surface area (Å²) in [6.45, 7) is -2.23. The predicted octanol–water partition coefficient (Wildman–Crippen LogP) is 3.03. The van der Waals surface area contributed by atoms with Gasteiger partial charge in [0.15, 0.2) is 19.7 Å². The molecule has 0 saturated carbocycles. The molecule has 9 N–H and O–H groups in total. The second-order valence-corrected chi connectivity index (χ2v) is 22.9. The molecule has 0 spiro atoms. The van der Waals surface area contributed by atoms with E-state index in [4.69, 9.17) is 25.3 Å². The summed E-state index contributed by atoms with van der Waals surface area (Å²) in [5.74, 6) is -2.37. The monoisotopic (exact) mass is 1070 g/mol. The van der Waals surface area contributed by atoms with Crippen LogP contribution in [0.5, 0.6) is 5.75 Å². The molecule has 0 aliphatic carbocycles. The Morgan fingerprint density at radius 3 is 1.21 bits per heavy atom. The summed E-state index contributed by atoms with van der Waals surface area (Å²) in [6.07, 6.45) is 0. The lowest BCUT2D eigenvalue weighted by Gasteiger charge is -2.11. The molecular weight excluding hydrogens is 1040 g/mol. The van der Waals surface area contributed by atoms with E-state index in [1.807, 2.05) is 0 Å². The first-order valence-electron chi connectivity index (χ1n) is 16.7. The van der Waals surface area contributed by atoms with Gasteiger partial charge >= 0.3 is 20.8 Å². The normalized spacial score (nSPS) is 13.5. The van der Waals surface area contributed by atoms with Crippen LogP contribution >= 0.6 is 0 Å². The number of nitrogens with two attached hydrogens (primary N) is 2. The van der Waals surface area contributed by atoms with Crippen molar-refractivity contribution in [1.82, 2.24) is 0 Å². The van der Waals surface area contributed by atoms with Gasteiger partial charge in [0, 0.05) is 0 Å². The molecule has 4 aromatic carbocycles. The number of sulfone groups is 2. The van der Waals surface area contributed by atoms with Crippen LogP contribution in [0.1, 0.15) is 0 Å². The third-order valence-corrected chi connectivity index (χ3v) is 14.8. The van der Waals surface area contributed by atoms with Gasteiger partial charge in [0.1, 0.15) is 49.7 Å². The Labute approximate surface area is 374 Å². The third-order valence-electron chi connectivity index (χ3n) is 7.88. The fraction of sp³-hybridized carbons (Fsp3) is 0.172. The summed E-state index contributed by atoms with van der Waals surface area (Å²) < 4.78 is 228. The number of methoxy groups -OCH3 is 1. The van der Waals surface area contributed by atoms with Crippen molar-refractivity contribution in [2.24, 2.45) is 30.7 Å². The molecule has 0 aromatic heterocycles. The summed E-state index contributed by atoms with van der Waals surface area (Å²) >= 11 is 0. The van der Waals surface area contributed by atoms with Crippen molar-refractivity contribution in [2.75, 3.05) is 43.3 Å². The van der Waals surface area contributed by atoms with E-state index in [0.717, 1.165) is 43.5 Å². The van der Waals surface area contributed by atoms with Crippen LogP contribution in [0.4, 0.5) is 45.5 Å². The summed E-state index contributed by atoms with van der Waals surface area (Å²) in [4.78, 5) is -4.73. The highest BCUT2D eigenvalue weighted by Gasteiger charge is 2.26. The second-order valence-electron chi connectivity index (χ2n) is 12.3. The number of nitrogens with zero attached hydrogens (tertiary/aromatic N) is 6. The molecule has 66 heavy (non-hydrogen) atoms. The summed E-state index contributed by atoms with van der Waals surface area (Å²) in [5, 5.41) is 22.8. The molecule has 0 amide bonds. The maximum Gasteiger partial charge on any atom is 0.397 e. The SMILES string of the molecule is COc1ccc(S(=O)(=O)O)cc1N=Nc1cc(N=Nc2ccc(S(=O)(=O)CCOS(=O)(=O)O)cc2S(=O)(=O)O)c(N)c(N=Nc2ccc(S(=O)(=O)CCOS(=O)(=O)O)cc2S(=O)(=O)O)c1N. The van der Waals surface area contributed by atoms with E-state index in [2.05, 4.69) is 39.1 Å². The molecule has 360 valence electrons. The molecule has 30 nitrogen and oxygen atoms in total. The van der Waals surface area contributed by atoms with Crippen molar-refractivity contribution < 1.29 is 94.8 Å². The smallest absolute Gasteiger partial charge is 0.397 e. The Hall–Kier alpha value is -5.55. The average Bonchev–Trinajstić information content (AvgIpc) is 3.17. The zero-order chi connectivity index (χ0) is 49.8. The number of hydrogen-bond acceptors (Lipinski definition) is 25. The van der Waals surface area contributed by atoms with Crippen LogP contribution in [0.2, 0.25) is 0 Å². The molecule has 0 atom stereocenters. The minimum Gasteiger partial charge on any atom is -0.494 e. The lowest BCUT2D eigenvalue weighted by Crippen LogP contribution is -2.16. The van der Waals surface area contributed by atoms with Crippen LogP contribution in [0.15, 0.2) is 116 Å². The van der Waals surface area contributed by atoms with Gasteiger partial charge < -0.3 is 16.2 Å². The number of nitrogen functional groups attached to an aromatic ring is 2. The van der Waals surface area contributed by atoms with E-state index in [0.29, 0.717) is 24.3 Å². The van der Waals surface area contributed by atoms with E-state index >= 15 is 0 Å². The van der Waals surface area contributed by atoms with Gasteiger partial charge in [-0.1, -0.05) is 0 Å². The number of ether oxygens (including phenoxy) is 1. The van der Waals surface area contributed by atoms with E-state index in [-0.39, 0.29) is 11.4 Å². The molecule has 0 aliphatic rings. The summed E-state index contributed by atoms with van der Waals surface area (Å²) in [7, 11) is -33.7. The van der Waals surface area contributed by atoms with Crippen molar-refractivity contribution in [3.8, 4) is 5.75 Å². The van der Waals surface area contributed by atoms with Gasteiger partial charge in [0.2, 0.25) is 0 Å². The molecule has 0 saturated heterocycles. The van der Waals surface area contributed by atoms with Crippen molar-refractivity contribution in [3.05, 3.63) is 60.7 Å². The van der Waals surface area contributed by atoms with Crippen molar-refractivity contribution in [3.63, 3.8) is 0 Å². The van der Waals surface area contributed by atoms with Gasteiger partial charge in [-0.2, -0.15) is 42.1 Å². The maximum atomic E-state index is 12.8. The molecule has 4 aromatic rings. The molecular formula is C29H30N8O22S7. The van der Waals surface area contributed by atoms with Crippen molar-refractivity contribution >= 4 is 116 Å². The first-order chi connectivity index (χ1) is 30.1. The highest BCUT2D eigenvalue weighted by molar-refractivity contribution is 7.92. The van der Waals surface area contributed by atoms with Gasteiger partial charge in [-0.05, 0) is 60.7 Å². The molecule has 0 bridgehead atoms. The van der Waals surface area contributed by atoms with Gasteiger partial charge in [-0.25, -0.2) is 25.2 Å². The standard InChI is InChI=1S/C29H30N8O22S7/c1-57-24-7-4-18(62(42,43)44)12-21(24)34-36-23-15-22(35-32-19-5-2-16(13-25(19)63(45,46)47)60(38,39)10-8-58-65(51,52)53)27(30)29(28(23)31)37-33-20-6-3-17(14-26(20)64(48,49)50)61(40,41)11-9-59-66(54,55)56/h2-7,12-15H,8-11,30-31H2,1H3,(H,42,43,44)(H,45,46,47)(H,48,49,50)(H,51,52,53)(H,54,55,56). The van der Waals surface area contributed by atoms with E-state index in [1.165, 1.54) is 0 Å². The number of anilines is 2. The lowest BCUT2D eigenvalue weighted by atomic mass is 10.2. The second kappa shape index (κ2) is 19.7. The fourth-order valence-corrected chi connectivity index (χ4v) is 9.83. The lowest BCUT2D eigenvalue weighted by molar-refractivity contribution is 0.282. The Morgan fingerprint density at radius 1 is 0.455 bits per heavy atom. The van der Waals surface area contributed by atoms with Crippen LogP contribution in [-0.2, 0) is 79.2 Å². The van der Waals surface area contributed by atoms with Crippen LogP contribution in [0.25, 0.3) is 0 Å². The molecule has 37 heteroatoms. The predicted molar refractivity (Wildman–Crippen MR) is 222 cm³/mol. The molecule has 4 rings (SSSR count). The Bertz CT molecular complexity index is 3490. The topological polar surface area (TPSA) is 494 Å². The van der Waals surface area contributed by atoms with Gasteiger partial charge in [0.05, 0.1) is 57.9 Å². The average molecular weight is 1070 g/mol. The van der Waals surface area contributed by atoms with Gasteiger partial charge in [-0.3, -0.25) is 22.8 Å². The molecule has 0 aliphatic heterocycles. The number of azo groups is 3. The van der Waals surface area contributed by atoms with Crippen molar-refractivity contribution in [2.45, 2.75) is 24.5 Å². The maximum absolute atomic E-state index is 12.8. The van der Waals surface area contributed by atoms with Gasteiger partial charge in [-0.15, -0.1) is 30.7 Å². The molecule has 0 unspecified atom stereocenters. The highest BCUT2D eigenvalue weighted by Crippen LogP contribution is 2.46. The van der Waals surface area contributed by atoms with Crippen LogP contribution in [-0.4, -0.2) is 114 Å². The molecule has 0 radical (unpaired) electrons. The van der Waals surface area contributed by atoms with Crippen LogP contribution in [0, 0.1) is 0 Å². The largest absolute Gasteiger partial charge is 0.494 e. The third kappa shape index (κ3) is 14.2. The zero-order valence-electron chi connectivity index (χ0n) is 32.5. The number of rotatable bonds is 20. The highest BCUT2D eigenvalue weighted by atomic mass is 32.3. The fourth-order valence-electron chi connectivity index (χ4n) is 4.86. The Balaban J connectivity index is 1.93. The van der Waals surface area contributed by atoms with Crippen LogP contribution in [0.3, 0.4) is 0 Å². The molecule has 0 fully saturated rings. The van der Waals surface area contributed by atoms with Crippen molar-refractivity contribution in [1.29, 1.82) is 0 Å². The minimum absolute atomic E-state index is 0.122. The van der Waals surface area contributed by atoms with E-state index in [9.17, 15) is 72.6 Å². The zero-order valence-corrected chi connectivity index (χ0v) is 38.2. The van der Waals surface area contributed by atoms with E-state index in [1.54, 1.807) is 0 Å². The Morgan fingerprint density at radius 2 is 0.833 bits per heavy atom. The minimum atomic E-state index is -5.37. The summed E-state index contributed by atoms with van der Waals surface area (Å²) in [6, 6.07) is 7.46. The number of benzene rings is 4. The first kappa shape index (κ1) is 53.1. The van der Waals surface area contributed by atoms with E-state index < -0.39 is 160 Å². The first-order valence-corrected chi connectivity index (χ1v) is 27.0. The molecule has 0 heterocycles. The quantitative estimate of drug-likeness (QED) is 0.0380. The summed E-state index contributed by atoms with van der Waals surface area (Å²) in [5.41, 5.74) is 7.54. The number of hydrogen-bond donors (Lipinski definition) is 7. The Kier molecular flexibility index (Phi) is 15.9. The van der Waals surface area contributed by atoms with Gasteiger partial charge in [0.25, 0.3) is 30.4 Å². The van der Waals surface area contributed by atoms with Crippen LogP contribution < -0.4 is 16.2 Å².